The van der Waals surface area contributed by atoms with Gasteiger partial charge in [-0.3, -0.25) is 13.9 Å². The Labute approximate surface area is 238 Å². The lowest BCUT2D eigenvalue weighted by atomic mass is 10.0. The average molecular weight is 566 g/mol. The molecule has 3 aromatic carbocycles. The minimum absolute atomic E-state index is 0.0672. The molecule has 40 heavy (non-hydrogen) atoms. The number of ether oxygens (including phenoxy) is 1. The van der Waals surface area contributed by atoms with Crippen molar-refractivity contribution in [2.75, 3.05) is 30.8 Å². The number of amides is 2. The molecule has 3 aromatic rings. The summed E-state index contributed by atoms with van der Waals surface area (Å²) in [4.78, 5) is 28.7. The van der Waals surface area contributed by atoms with Gasteiger partial charge in [-0.1, -0.05) is 72.3 Å². The molecular formula is C31H39N3O5S. The quantitative estimate of drug-likeness (QED) is 0.314. The summed E-state index contributed by atoms with van der Waals surface area (Å²) >= 11 is 0. The molecule has 2 amide bonds. The van der Waals surface area contributed by atoms with E-state index in [9.17, 15) is 18.0 Å². The molecule has 0 saturated heterocycles. The number of sulfonamides is 1. The molecule has 0 aliphatic rings. The summed E-state index contributed by atoms with van der Waals surface area (Å²) in [5, 5.41) is 2.89. The molecule has 0 unspecified atom stereocenters. The first-order valence-corrected chi connectivity index (χ1v) is 15.3. The van der Waals surface area contributed by atoms with E-state index in [4.69, 9.17) is 4.74 Å². The van der Waals surface area contributed by atoms with Crippen LogP contribution in [0.2, 0.25) is 0 Å². The highest BCUT2D eigenvalue weighted by atomic mass is 32.2. The third-order valence-electron chi connectivity index (χ3n) is 6.60. The van der Waals surface area contributed by atoms with Crippen molar-refractivity contribution in [1.82, 2.24) is 10.2 Å². The van der Waals surface area contributed by atoms with Crippen LogP contribution >= 0.6 is 0 Å². The Balaban J connectivity index is 1.87. The Bertz CT molecular complexity index is 1360. The van der Waals surface area contributed by atoms with E-state index in [0.717, 1.165) is 22.9 Å². The molecule has 3 rings (SSSR count). The number of benzene rings is 3. The normalized spacial score (nSPS) is 11.9. The van der Waals surface area contributed by atoms with Gasteiger partial charge in [-0.05, 0) is 43.5 Å². The molecule has 0 radical (unpaired) electrons. The highest BCUT2D eigenvalue weighted by Crippen LogP contribution is 2.30. The Morgan fingerprint density at radius 3 is 2.20 bits per heavy atom. The van der Waals surface area contributed by atoms with Crippen molar-refractivity contribution in [2.45, 2.75) is 45.7 Å². The molecule has 0 fully saturated rings. The van der Waals surface area contributed by atoms with Gasteiger partial charge >= 0.3 is 0 Å². The molecular weight excluding hydrogens is 526 g/mol. The lowest BCUT2D eigenvalue weighted by molar-refractivity contribution is -0.141. The number of nitrogens with one attached hydrogen (secondary N) is 1. The minimum Gasteiger partial charge on any atom is -0.495 e. The third-order valence-corrected chi connectivity index (χ3v) is 7.78. The summed E-state index contributed by atoms with van der Waals surface area (Å²) in [7, 11) is -2.15. The number of likely N-dealkylation sites (N-methyl/N-ethyl adjacent to an activating group) is 1. The van der Waals surface area contributed by atoms with Crippen molar-refractivity contribution in [1.29, 1.82) is 0 Å². The lowest BCUT2D eigenvalue weighted by Gasteiger charge is -2.32. The number of methoxy groups -OCH3 is 1. The molecule has 9 heteroatoms. The minimum atomic E-state index is -3.63. The second-order valence-electron chi connectivity index (χ2n) is 9.72. The fraction of sp³-hybridized carbons (Fsp3) is 0.355. The van der Waals surface area contributed by atoms with Gasteiger partial charge in [-0.2, -0.15) is 0 Å². The highest BCUT2D eigenvalue weighted by Gasteiger charge is 2.30. The van der Waals surface area contributed by atoms with Crippen molar-refractivity contribution in [3.63, 3.8) is 0 Å². The number of carbonyl (C=O) groups is 2. The van der Waals surface area contributed by atoms with Gasteiger partial charge in [0.25, 0.3) is 0 Å². The van der Waals surface area contributed by atoms with Crippen molar-refractivity contribution in [2.24, 2.45) is 0 Å². The third kappa shape index (κ3) is 8.58. The fourth-order valence-electron chi connectivity index (χ4n) is 4.55. The van der Waals surface area contributed by atoms with Crippen LogP contribution < -0.4 is 14.4 Å². The first kappa shape index (κ1) is 30.7. The van der Waals surface area contributed by atoms with Crippen LogP contribution in [0.15, 0.2) is 78.9 Å². The molecule has 0 spiro atoms. The van der Waals surface area contributed by atoms with Crippen LogP contribution in [0, 0.1) is 6.92 Å². The van der Waals surface area contributed by atoms with Crippen LogP contribution in [0.25, 0.3) is 0 Å². The maximum absolute atomic E-state index is 13.8. The zero-order chi connectivity index (χ0) is 29.1. The number of para-hydroxylation sites is 2. The predicted octanol–water partition coefficient (Wildman–Crippen LogP) is 4.33. The Kier molecular flexibility index (Phi) is 11.1. The summed E-state index contributed by atoms with van der Waals surface area (Å²) in [5.41, 5.74) is 3.37. The van der Waals surface area contributed by atoms with Crippen molar-refractivity contribution < 1.29 is 22.7 Å². The van der Waals surface area contributed by atoms with Crippen LogP contribution in [0.5, 0.6) is 5.75 Å². The molecule has 0 aromatic heterocycles. The number of hydrogen-bond donors (Lipinski definition) is 1. The number of rotatable bonds is 14. The summed E-state index contributed by atoms with van der Waals surface area (Å²) in [6.45, 7) is 4.64. The van der Waals surface area contributed by atoms with E-state index in [1.54, 1.807) is 29.2 Å². The summed E-state index contributed by atoms with van der Waals surface area (Å²) < 4.78 is 32.0. The maximum atomic E-state index is 13.8. The van der Waals surface area contributed by atoms with Gasteiger partial charge in [0.05, 0.1) is 19.1 Å². The van der Waals surface area contributed by atoms with Gasteiger partial charge in [-0.15, -0.1) is 0 Å². The molecule has 0 aliphatic heterocycles. The van der Waals surface area contributed by atoms with Crippen LogP contribution in [-0.4, -0.2) is 57.6 Å². The largest absolute Gasteiger partial charge is 0.495 e. The average Bonchev–Trinajstić information content (AvgIpc) is 2.94. The van der Waals surface area contributed by atoms with Gasteiger partial charge in [0.2, 0.25) is 21.8 Å². The van der Waals surface area contributed by atoms with Gasteiger partial charge < -0.3 is 15.0 Å². The van der Waals surface area contributed by atoms with E-state index in [0.29, 0.717) is 24.4 Å². The van der Waals surface area contributed by atoms with Crippen LogP contribution in [-0.2, 0) is 32.6 Å². The molecule has 8 nitrogen and oxygen atoms in total. The summed E-state index contributed by atoms with van der Waals surface area (Å²) in [6, 6.07) is 23.7. The van der Waals surface area contributed by atoms with E-state index in [1.165, 1.54) is 11.4 Å². The van der Waals surface area contributed by atoms with E-state index in [1.807, 2.05) is 68.4 Å². The van der Waals surface area contributed by atoms with E-state index < -0.39 is 16.1 Å². The maximum Gasteiger partial charge on any atom is 0.243 e. The number of hydrogen-bond acceptors (Lipinski definition) is 5. The van der Waals surface area contributed by atoms with Gasteiger partial charge in [0, 0.05) is 32.5 Å². The molecule has 1 atom stereocenters. The van der Waals surface area contributed by atoms with Crippen molar-refractivity contribution >= 4 is 27.5 Å². The van der Waals surface area contributed by atoms with E-state index in [2.05, 4.69) is 5.32 Å². The molecule has 214 valence electrons. The van der Waals surface area contributed by atoms with Crippen molar-refractivity contribution in [3.8, 4) is 5.75 Å². The number of carbonyl (C=O) groups excluding carboxylic acids is 2. The van der Waals surface area contributed by atoms with Gasteiger partial charge in [0.1, 0.15) is 11.8 Å². The summed E-state index contributed by atoms with van der Waals surface area (Å²) in [6.07, 6.45) is 1.83. The first-order chi connectivity index (χ1) is 19.1. The molecule has 1 N–H and O–H groups in total. The number of nitrogens with zero attached hydrogens (tertiary/aromatic N) is 2. The highest BCUT2D eigenvalue weighted by molar-refractivity contribution is 7.92. The van der Waals surface area contributed by atoms with Crippen LogP contribution in [0.1, 0.15) is 36.5 Å². The van der Waals surface area contributed by atoms with Gasteiger partial charge in [0.15, 0.2) is 0 Å². The summed E-state index contributed by atoms with van der Waals surface area (Å²) in [5.74, 6) is -0.0146. The Morgan fingerprint density at radius 2 is 1.57 bits per heavy atom. The van der Waals surface area contributed by atoms with Crippen molar-refractivity contribution in [3.05, 3.63) is 95.6 Å². The number of aryl methyl sites for hydroxylation is 1. The standard InChI is InChI=1S/C31H39N3O5S/c1-5-32-31(36)28(22-25-12-7-6-8-13-25)33(23-26-19-17-24(2)18-20-26)30(35)16-11-21-34(40(4,37)38)27-14-9-10-15-29(27)39-3/h6-10,12-15,17-20,28H,5,11,16,21-23H2,1-4H3,(H,32,36)/t28-/m0/s1. The topological polar surface area (TPSA) is 96.0 Å². The van der Waals surface area contributed by atoms with Gasteiger partial charge in [-0.25, -0.2) is 8.42 Å². The zero-order valence-electron chi connectivity index (χ0n) is 23.7. The second kappa shape index (κ2) is 14.5. The van der Waals surface area contributed by atoms with Crippen LogP contribution in [0.3, 0.4) is 0 Å². The van der Waals surface area contributed by atoms with Crippen LogP contribution in [0.4, 0.5) is 5.69 Å². The number of anilines is 1. The predicted molar refractivity (Wildman–Crippen MR) is 159 cm³/mol. The van der Waals surface area contributed by atoms with E-state index >= 15 is 0 Å². The lowest BCUT2D eigenvalue weighted by Crippen LogP contribution is -2.50. The smallest absolute Gasteiger partial charge is 0.243 e. The molecule has 0 heterocycles. The molecule has 0 aliphatic carbocycles. The van der Waals surface area contributed by atoms with E-state index in [-0.39, 0.29) is 37.7 Å². The molecule has 0 saturated carbocycles. The SMILES string of the molecule is CCNC(=O)[C@H](Cc1ccccc1)N(Cc1ccc(C)cc1)C(=O)CCCN(c1ccccc1OC)S(C)(=O)=O. The monoisotopic (exact) mass is 565 g/mol. The zero-order valence-corrected chi connectivity index (χ0v) is 24.5. The Hall–Kier alpha value is -3.85. The first-order valence-electron chi connectivity index (χ1n) is 13.4. The molecule has 0 bridgehead atoms. The fourth-order valence-corrected chi connectivity index (χ4v) is 5.52. The Morgan fingerprint density at radius 1 is 0.925 bits per heavy atom. The second-order valence-corrected chi connectivity index (χ2v) is 11.6.